The summed E-state index contributed by atoms with van der Waals surface area (Å²) in [6.07, 6.45) is 0. The monoisotopic (exact) mass is 385 g/mol. The minimum atomic E-state index is -0.331. The number of fused-ring (bicyclic) bond motifs is 3. The van der Waals surface area contributed by atoms with Gasteiger partial charge in [-0.15, -0.1) is 0 Å². The van der Waals surface area contributed by atoms with Gasteiger partial charge in [-0.05, 0) is 38.1 Å². The molecule has 0 unspecified atom stereocenters. The first-order valence-corrected chi connectivity index (χ1v) is 7.26. The number of hydrogen-bond donors (Lipinski definition) is 0. The van der Waals surface area contributed by atoms with Crippen molar-refractivity contribution in [2.24, 2.45) is 10.2 Å². The predicted molar refractivity (Wildman–Crippen MR) is 93.9 cm³/mol. The maximum Gasteiger partial charge on any atom is 2.00 e. The van der Waals surface area contributed by atoms with Crippen LogP contribution in [-0.4, -0.2) is 37.8 Å². The molecule has 25 heavy (non-hydrogen) atoms. The van der Waals surface area contributed by atoms with E-state index in [0.717, 1.165) is 0 Å². The van der Waals surface area contributed by atoms with Gasteiger partial charge in [0.25, 0.3) is 11.8 Å². The average Bonchev–Trinajstić information content (AvgIpc) is 2.63. The van der Waals surface area contributed by atoms with Gasteiger partial charge in [-0.3, -0.25) is 9.59 Å². The van der Waals surface area contributed by atoms with Gasteiger partial charge in [-0.25, -0.2) is 4.98 Å². The van der Waals surface area contributed by atoms with Crippen LogP contribution in [0, 0.1) is 0 Å². The smallest absolute Gasteiger partial charge is 0.490 e. The van der Waals surface area contributed by atoms with Crippen molar-refractivity contribution in [3.63, 3.8) is 0 Å². The standard InChI is InChI=1S/C17H15N5O2.Zn/c1-10-14-8-5-9-15(18-14)11(2)20-22-17(24)13-7-4-3-6-12(13)16(23)21-19-10;/h3-9H,1-2H3,(H2,18,21,22,23,24);/q;+2. The molecule has 0 saturated heterocycles. The summed E-state index contributed by atoms with van der Waals surface area (Å²) in [4.78, 5) is 24.8. The van der Waals surface area contributed by atoms with Gasteiger partial charge in [0.05, 0.1) is 22.5 Å². The summed E-state index contributed by atoms with van der Waals surface area (Å²) in [7, 11) is 0. The zero-order chi connectivity index (χ0) is 17.1. The van der Waals surface area contributed by atoms with Crippen LogP contribution >= 0.6 is 0 Å². The second kappa shape index (κ2) is 7.90. The number of benzene rings is 1. The minimum Gasteiger partial charge on any atom is -0.490 e. The second-order valence-electron chi connectivity index (χ2n) is 5.17. The molecule has 1 aromatic heterocycles. The molecule has 0 fully saturated rings. The van der Waals surface area contributed by atoms with E-state index in [2.05, 4.69) is 26.0 Å². The Morgan fingerprint density at radius 2 is 1.16 bits per heavy atom. The van der Waals surface area contributed by atoms with Crippen LogP contribution in [0.2, 0.25) is 0 Å². The van der Waals surface area contributed by atoms with Crippen molar-refractivity contribution in [2.75, 3.05) is 0 Å². The summed E-state index contributed by atoms with van der Waals surface area (Å²) in [6, 6.07) is 12.0. The molecule has 2 N–H and O–H groups in total. The predicted octanol–water partition coefficient (Wildman–Crippen LogP) is 2.69. The molecule has 120 valence electrons. The van der Waals surface area contributed by atoms with Gasteiger partial charge < -0.3 is 21.1 Å². The largest absolute Gasteiger partial charge is 2.00 e. The van der Waals surface area contributed by atoms with Gasteiger partial charge in [-0.1, -0.05) is 18.2 Å². The van der Waals surface area contributed by atoms with E-state index in [9.17, 15) is 9.59 Å². The Balaban J connectivity index is 0.00000225. The number of aromatic nitrogens is 1. The molecule has 0 aliphatic carbocycles. The van der Waals surface area contributed by atoms with Gasteiger partial charge in [0.15, 0.2) is 0 Å². The Bertz CT molecular complexity index is 824. The molecule has 0 radical (unpaired) electrons. The molecule has 3 rings (SSSR count). The van der Waals surface area contributed by atoms with Gasteiger partial charge in [0, 0.05) is 11.4 Å². The van der Waals surface area contributed by atoms with Crippen molar-refractivity contribution in [3.8, 4) is 0 Å². The van der Waals surface area contributed by atoms with Crippen molar-refractivity contribution < 1.29 is 29.1 Å². The average molecular weight is 387 g/mol. The van der Waals surface area contributed by atoms with Crippen molar-refractivity contribution in [2.45, 2.75) is 13.8 Å². The maximum atomic E-state index is 10.2. The molecule has 7 nitrogen and oxygen atoms in total. The summed E-state index contributed by atoms with van der Waals surface area (Å²) in [6.45, 7) is 3.49. The first kappa shape index (κ1) is 18.6. The zero-order valence-corrected chi connectivity index (χ0v) is 16.8. The second-order valence-corrected chi connectivity index (χ2v) is 5.17. The van der Waals surface area contributed by atoms with Crippen LogP contribution in [-0.2, 0) is 19.5 Å². The molecule has 2 aromatic rings. The van der Waals surface area contributed by atoms with E-state index in [1.165, 1.54) is 0 Å². The van der Waals surface area contributed by atoms with Gasteiger partial charge in [0.1, 0.15) is 0 Å². The third-order valence-electron chi connectivity index (χ3n) is 3.49. The fraction of sp³-hybridized carbons (Fsp3) is 0.118. The SMILES string of the molecule is CC1=N[N-]C(=[OH+])c2ccccc2C(=[OH+])[N-]N=C(C)c2cccc1n2.[Zn+2]. The molecule has 8 heteroatoms. The molecular formula is C17H15N5O2Zn+2. The summed E-state index contributed by atoms with van der Waals surface area (Å²) in [5.41, 5.74) is 10.6. The van der Waals surface area contributed by atoms with Crippen LogP contribution in [0.5, 0.6) is 0 Å². The number of pyridine rings is 1. The summed E-state index contributed by atoms with van der Waals surface area (Å²) in [5.74, 6) is -0.661. The van der Waals surface area contributed by atoms with Crippen LogP contribution in [0.4, 0.5) is 0 Å². The van der Waals surface area contributed by atoms with E-state index in [0.29, 0.717) is 33.9 Å². The van der Waals surface area contributed by atoms with E-state index in [-0.39, 0.29) is 31.3 Å². The topological polar surface area (TPSA) is 109 Å². The number of nitrogens with zero attached hydrogens (tertiary/aromatic N) is 5. The maximum absolute atomic E-state index is 10.2. The summed E-state index contributed by atoms with van der Waals surface area (Å²) in [5, 5.41) is 8.05. The summed E-state index contributed by atoms with van der Waals surface area (Å²) < 4.78 is 0. The number of rotatable bonds is 0. The van der Waals surface area contributed by atoms with E-state index in [1.54, 1.807) is 50.2 Å². The molecule has 1 aromatic carbocycles. The number of hydrogen-bond acceptors (Lipinski definition) is 3. The third kappa shape index (κ3) is 4.03. The molecular weight excluding hydrogens is 372 g/mol. The van der Waals surface area contributed by atoms with Crippen LogP contribution in [0.15, 0.2) is 52.7 Å². The van der Waals surface area contributed by atoms with E-state index >= 15 is 0 Å². The Morgan fingerprint density at radius 3 is 1.60 bits per heavy atom. The number of amides is 2. The van der Waals surface area contributed by atoms with Gasteiger partial charge in [-0.2, -0.15) is 0 Å². The van der Waals surface area contributed by atoms with Crippen LogP contribution in [0.3, 0.4) is 0 Å². The first-order chi connectivity index (χ1) is 11.6. The van der Waals surface area contributed by atoms with Crippen LogP contribution in [0.25, 0.3) is 10.9 Å². The Kier molecular flexibility index (Phi) is 5.88. The molecule has 1 aliphatic heterocycles. The van der Waals surface area contributed by atoms with Crippen molar-refractivity contribution >= 4 is 23.2 Å². The fourth-order valence-corrected chi connectivity index (χ4v) is 2.17. The molecule has 1 aliphatic rings. The normalized spacial score (nSPS) is 14.2. The number of carbonyl (C=O) groups excluding carboxylic acids is 2. The fourth-order valence-electron chi connectivity index (χ4n) is 2.17. The minimum absolute atomic E-state index is 0. The molecule has 2 bridgehead atoms. The molecule has 2 amide bonds. The molecule has 0 saturated carbocycles. The van der Waals surface area contributed by atoms with E-state index in [4.69, 9.17) is 0 Å². The van der Waals surface area contributed by atoms with Crippen molar-refractivity contribution in [1.82, 2.24) is 4.98 Å². The van der Waals surface area contributed by atoms with E-state index in [1.807, 2.05) is 6.07 Å². The molecule has 0 spiro atoms. The first-order valence-electron chi connectivity index (χ1n) is 7.26. The summed E-state index contributed by atoms with van der Waals surface area (Å²) >= 11 is 0. The zero-order valence-electron chi connectivity index (χ0n) is 13.9. The van der Waals surface area contributed by atoms with Crippen LogP contribution in [0.1, 0.15) is 36.4 Å². The van der Waals surface area contributed by atoms with E-state index < -0.39 is 0 Å². The molecule has 0 atom stereocenters. The quantitative estimate of drug-likeness (QED) is 0.503. The third-order valence-corrected chi connectivity index (χ3v) is 3.49. The van der Waals surface area contributed by atoms with Gasteiger partial charge in [0.2, 0.25) is 0 Å². The Morgan fingerprint density at radius 1 is 0.720 bits per heavy atom. The Hall–Kier alpha value is -2.73. The van der Waals surface area contributed by atoms with Crippen molar-refractivity contribution in [1.29, 1.82) is 0 Å². The van der Waals surface area contributed by atoms with Crippen molar-refractivity contribution in [3.05, 3.63) is 75.8 Å². The molecule has 2 heterocycles. The Labute approximate surface area is 157 Å². The van der Waals surface area contributed by atoms with Gasteiger partial charge >= 0.3 is 19.5 Å². The van der Waals surface area contributed by atoms with Crippen LogP contribution < -0.4 is 0 Å².